The lowest BCUT2D eigenvalue weighted by Crippen LogP contribution is -2.34. The van der Waals surface area contributed by atoms with Crippen molar-refractivity contribution in [1.82, 2.24) is 19.9 Å². The molecule has 2 aliphatic rings. The van der Waals surface area contributed by atoms with Gasteiger partial charge in [-0.15, -0.1) is 0 Å². The number of piperidine rings is 1. The number of aryl methyl sites for hydroxylation is 3. The molecular weight excluding hydrogens is 470 g/mol. The number of allylic oxidation sites excluding steroid dienone is 1. The summed E-state index contributed by atoms with van der Waals surface area (Å²) in [6, 6.07) is 15.1. The van der Waals surface area contributed by atoms with E-state index in [1.54, 1.807) is 6.33 Å². The molecule has 194 valence electrons. The number of H-pyrrole nitrogens is 1. The van der Waals surface area contributed by atoms with Crippen LogP contribution >= 0.6 is 0 Å². The predicted molar refractivity (Wildman–Crippen MR) is 154 cm³/mol. The third-order valence-corrected chi connectivity index (χ3v) is 7.88. The lowest BCUT2D eigenvalue weighted by molar-refractivity contribution is 0.338. The topological polar surface area (TPSA) is 66.9 Å². The SMILES string of the molecule is CCOc1ccc(-c2nc(C3CCN(c4ncnc5c4C=C(c4ccc(C)cc4)C5)CC3)[nH]c2C)cc1C. The second-order valence-corrected chi connectivity index (χ2v) is 10.5. The molecule has 1 fully saturated rings. The van der Waals surface area contributed by atoms with E-state index in [-0.39, 0.29) is 0 Å². The minimum Gasteiger partial charge on any atom is -0.494 e. The predicted octanol–water partition coefficient (Wildman–Crippen LogP) is 6.67. The van der Waals surface area contributed by atoms with Gasteiger partial charge in [-0.2, -0.15) is 0 Å². The maximum atomic E-state index is 5.72. The highest BCUT2D eigenvalue weighted by Gasteiger charge is 2.28. The minimum atomic E-state index is 0.413. The van der Waals surface area contributed by atoms with Crippen LogP contribution in [0.2, 0.25) is 0 Å². The Morgan fingerprint density at radius 1 is 0.974 bits per heavy atom. The number of anilines is 1. The third-order valence-electron chi connectivity index (χ3n) is 7.88. The summed E-state index contributed by atoms with van der Waals surface area (Å²) in [5.41, 5.74) is 10.6. The zero-order chi connectivity index (χ0) is 26.2. The number of aromatic amines is 1. The first-order valence-electron chi connectivity index (χ1n) is 13.7. The van der Waals surface area contributed by atoms with Crippen LogP contribution < -0.4 is 9.64 Å². The smallest absolute Gasteiger partial charge is 0.139 e. The van der Waals surface area contributed by atoms with Crippen molar-refractivity contribution in [2.75, 3.05) is 24.6 Å². The van der Waals surface area contributed by atoms with E-state index in [0.717, 1.165) is 78.0 Å². The van der Waals surface area contributed by atoms with E-state index in [1.165, 1.54) is 22.3 Å². The van der Waals surface area contributed by atoms with Crippen LogP contribution in [-0.2, 0) is 6.42 Å². The highest BCUT2D eigenvalue weighted by molar-refractivity contribution is 5.91. The van der Waals surface area contributed by atoms with Gasteiger partial charge in [0.05, 0.1) is 18.0 Å². The van der Waals surface area contributed by atoms with Gasteiger partial charge in [0.15, 0.2) is 0 Å². The van der Waals surface area contributed by atoms with Crippen molar-refractivity contribution < 1.29 is 4.74 Å². The average Bonchev–Trinajstić information content (AvgIpc) is 3.54. The normalized spacial score (nSPS) is 15.5. The van der Waals surface area contributed by atoms with Crippen molar-refractivity contribution in [1.29, 1.82) is 0 Å². The standard InChI is InChI=1S/C32H35N5O/c1-5-38-29-11-10-25(16-21(29)3)30-22(4)35-31(36-30)24-12-14-37(15-13-24)32-27-17-26(18-28(27)33-19-34-32)23-8-6-20(2)7-9-23/h6-11,16-17,19,24H,5,12-15,18H2,1-4H3,(H,35,36). The summed E-state index contributed by atoms with van der Waals surface area (Å²) < 4.78 is 5.72. The number of fused-ring (bicyclic) bond motifs is 1. The molecule has 0 atom stereocenters. The number of rotatable bonds is 6. The second-order valence-electron chi connectivity index (χ2n) is 10.5. The minimum absolute atomic E-state index is 0.413. The molecule has 4 aromatic rings. The van der Waals surface area contributed by atoms with Crippen molar-refractivity contribution >= 4 is 17.5 Å². The summed E-state index contributed by atoms with van der Waals surface area (Å²) in [4.78, 5) is 20.5. The molecule has 2 aromatic carbocycles. The molecule has 0 unspecified atom stereocenters. The van der Waals surface area contributed by atoms with E-state index in [0.29, 0.717) is 12.5 Å². The molecule has 6 rings (SSSR count). The van der Waals surface area contributed by atoms with Gasteiger partial charge in [-0.1, -0.05) is 29.8 Å². The number of imidazole rings is 1. The van der Waals surface area contributed by atoms with Crippen LogP contribution in [-0.4, -0.2) is 39.6 Å². The first kappa shape index (κ1) is 24.4. The van der Waals surface area contributed by atoms with E-state index in [4.69, 9.17) is 14.7 Å². The summed E-state index contributed by atoms with van der Waals surface area (Å²) in [5.74, 6) is 3.51. The highest BCUT2D eigenvalue weighted by Crippen LogP contribution is 2.38. The maximum absolute atomic E-state index is 5.72. The molecule has 0 saturated carbocycles. The molecule has 1 aliphatic heterocycles. The van der Waals surface area contributed by atoms with Crippen molar-refractivity contribution in [2.45, 2.75) is 52.9 Å². The first-order chi connectivity index (χ1) is 18.5. The average molecular weight is 506 g/mol. The lowest BCUT2D eigenvalue weighted by Gasteiger charge is -2.32. The van der Waals surface area contributed by atoms with Gasteiger partial charge in [-0.05, 0) is 81.5 Å². The zero-order valence-electron chi connectivity index (χ0n) is 22.7. The number of nitrogens with zero attached hydrogens (tertiary/aromatic N) is 4. The monoisotopic (exact) mass is 505 g/mol. The number of ether oxygens (including phenoxy) is 1. The summed E-state index contributed by atoms with van der Waals surface area (Å²) in [6.45, 7) is 10.9. The molecule has 1 N–H and O–H groups in total. The van der Waals surface area contributed by atoms with Gasteiger partial charge >= 0.3 is 0 Å². The number of aromatic nitrogens is 4. The van der Waals surface area contributed by atoms with Gasteiger partial charge in [0, 0.05) is 42.2 Å². The van der Waals surface area contributed by atoms with E-state index < -0.39 is 0 Å². The third kappa shape index (κ3) is 4.60. The fourth-order valence-electron chi connectivity index (χ4n) is 5.76. The summed E-state index contributed by atoms with van der Waals surface area (Å²) in [7, 11) is 0. The Kier molecular flexibility index (Phi) is 6.48. The highest BCUT2D eigenvalue weighted by atomic mass is 16.5. The van der Waals surface area contributed by atoms with Crippen LogP contribution in [0, 0.1) is 20.8 Å². The number of benzene rings is 2. The van der Waals surface area contributed by atoms with Gasteiger partial charge in [0.1, 0.15) is 23.7 Å². The Hall–Kier alpha value is -3.93. The first-order valence-corrected chi connectivity index (χ1v) is 13.7. The largest absolute Gasteiger partial charge is 0.494 e. The van der Waals surface area contributed by atoms with Gasteiger partial charge in [-0.3, -0.25) is 0 Å². The van der Waals surface area contributed by atoms with Gasteiger partial charge in [0.2, 0.25) is 0 Å². The molecule has 1 aliphatic carbocycles. The summed E-state index contributed by atoms with van der Waals surface area (Å²) in [6.07, 6.45) is 6.98. The Morgan fingerprint density at radius 2 is 1.74 bits per heavy atom. The molecule has 0 bridgehead atoms. The summed E-state index contributed by atoms with van der Waals surface area (Å²) >= 11 is 0. The van der Waals surface area contributed by atoms with Gasteiger partial charge in [0.25, 0.3) is 0 Å². The Labute approximate surface area is 224 Å². The fraction of sp³-hybridized carbons (Fsp3) is 0.344. The maximum Gasteiger partial charge on any atom is 0.139 e. The van der Waals surface area contributed by atoms with E-state index in [9.17, 15) is 0 Å². The van der Waals surface area contributed by atoms with Crippen LogP contribution in [0.3, 0.4) is 0 Å². The molecule has 6 heteroatoms. The van der Waals surface area contributed by atoms with E-state index >= 15 is 0 Å². The van der Waals surface area contributed by atoms with Crippen LogP contribution in [0.5, 0.6) is 5.75 Å². The molecule has 0 spiro atoms. The van der Waals surface area contributed by atoms with Crippen molar-refractivity contribution in [3.63, 3.8) is 0 Å². The van der Waals surface area contributed by atoms with Crippen molar-refractivity contribution in [3.05, 3.63) is 88.3 Å². The summed E-state index contributed by atoms with van der Waals surface area (Å²) in [5, 5.41) is 0. The lowest BCUT2D eigenvalue weighted by atomic mass is 9.96. The quantitative estimate of drug-likeness (QED) is 0.317. The van der Waals surface area contributed by atoms with Crippen LogP contribution in [0.1, 0.15) is 65.1 Å². The molecule has 2 aromatic heterocycles. The van der Waals surface area contributed by atoms with E-state index in [2.05, 4.69) is 84.2 Å². The molecule has 6 nitrogen and oxygen atoms in total. The van der Waals surface area contributed by atoms with Crippen LogP contribution in [0.25, 0.3) is 22.9 Å². The Balaban J connectivity index is 1.17. The van der Waals surface area contributed by atoms with Crippen molar-refractivity contribution in [3.8, 4) is 17.0 Å². The molecular formula is C32H35N5O. The van der Waals surface area contributed by atoms with Crippen LogP contribution in [0.15, 0.2) is 48.8 Å². The Bertz CT molecular complexity index is 1490. The molecule has 1 saturated heterocycles. The molecule has 0 radical (unpaired) electrons. The number of hydrogen-bond acceptors (Lipinski definition) is 5. The number of hydrogen-bond donors (Lipinski definition) is 1. The van der Waals surface area contributed by atoms with Gasteiger partial charge < -0.3 is 14.6 Å². The van der Waals surface area contributed by atoms with Crippen molar-refractivity contribution in [2.24, 2.45) is 0 Å². The Morgan fingerprint density at radius 3 is 2.47 bits per heavy atom. The van der Waals surface area contributed by atoms with Crippen LogP contribution in [0.4, 0.5) is 5.82 Å². The molecule has 38 heavy (non-hydrogen) atoms. The molecule has 3 heterocycles. The molecule has 0 amide bonds. The number of nitrogens with one attached hydrogen (secondary N) is 1. The zero-order valence-corrected chi connectivity index (χ0v) is 22.7. The van der Waals surface area contributed by atoms with Gasteiger partial charge in [-0.25, -0.2) is 15.0 Å². The van der Waals surface area contributed by atoms with E-state index in [1.807, 2.05) is 6.92 Å². The fourth-order valence-corrected chi connectivity index (χ4v) is 5.76. The second kappa shape index (κ2) is 10.1.